The van der Waals surface area contributed by atoms with Crippen molar-refractivity contribution < 1.29 is 18.9 Å². The van der Waals surface area contributed by atoms with Gasteiger partial charge in [-0.25, -0.2) is 0 Å². The molecular formula is C42H36O4. The lowest BCUT2D eigenvalue weighted by Gasteiger charge is -2.14. The Balaban J connectivity index is 1.21. The third-order valence-electron chi connectivity index (χ3n) is 7.35. The van der Waals surface area contributed by atoms with Crippen LogP contribution in [-0.2, 0) is 26.4 Å². The van der Waals surface area contributed by atoms with Crippen LogP contribution in [0.4, 0.5) is 0 Å². The van der Waals surface area contributed by atoms with Crippen molar-refractivity contribution in [2.75, 3.05) is 0 Å². The second-order valence-corrected chi connectivity index (χ2v) is 10.8. The van der Waals surface area contributed by atoms with Crippen LogP contribution in [0.5, 0.6) is 23.0 Å². The Bertz CT molecular complexity index is 1680. The molecule has 0 aromatic heterocycles. The van der Waals surface area contributed by atoms with Gasteiger partial charge >= 0.3 is 0 Å². The minimum absolute atomic E-state index is 0.447. The summed E-state index contributed by atoms with van der Waals surface area (Å²) in [5.74, 6) is 2.79. The molecule has 6 aromatic carbocycles. The molecule has 0 saturated carbocycles. The van der Waals surface area contributed by atoms with Crippen LogP contribution in [-0.4, -0.2) is 0 Å². The summed E-state index contributed by atoms with van der Waals surface area (Å²) in [5.41, 5.74) is 6.37. The van der Waals surface area contributed by atoms with E-state index < -0.39 is 0 Å². The van der Waals surface area contributed by atoms with Crippen molar-refractivity contribution in [3.8, 4) is 23.0 Å². The summed E-state index contributed by atoms with van der Waals surface area (Å²) in [6.07, 6.45) is 4.13. The monoisotopic (exact) mass is 604 g/mol. The van der Waals surface area contributed by atoms with Crippen molar-refractivity contribution in [3.63, 3.8) is 0 Å². The summed E-state index contributed by atoms with van der Waals surface area (Å²) in [6, 6.07) is 52.6. The molecule has 0 amide bonds. The van der Waals surface area contributed by atoms with Crippen molar-refractivity contribution in [2.24, 2.45) is 0 Å². The van der Waals surface area contributed by atoms with E-state index in [4.69, 9.17) is 18.9 Å². The molecule has 4 heteroatoms. The van der Waals surface area contributed by atoms with E-state index in [1.165, 1.54) is 0 Å². The molecule has 0 aliphatic carbocycles. The zero-order valence-corrected chi connectivity index (χ0v) is 25.6. The molecule has 0 radical (unpaired) electrons. The highest BCUT2D eigenvalue weighted by Gasteiger charge is 2.10. The lowest BCUT2D eigenvalue weighted by atomic mass is 10.1. The molecule has 0 bridgehead atoms. The van der Waals surface area contributed by atoms with Crippen LogP contribution < -0.4 is 18.9 Å². The number of ether oxygens (including phenoxy) is 4. The average molecular weight is 605 g/mol. The SMILES string of the molecule is C(=C\c1ccc(OCc2ccccc2)c(OCc2ccccc2)c1)/c1ccc(OCc2ccccc2)c(OCc2ccccc2)c1. The maximum absolute atomic E-state index is 6.28. The summed E-state index contributed by atoms with van der Waals surface area (Å²) < 4.78 is 25.0. The van der Waals surface area contributed by atoms with Crippen LogP contribution in [0.25, 0.3) is 12.2 Å². The van der Waals surface area contributed by atoms with E-state index in [2.05, 4.69) is 60.7 Å². The molecule has 6 rings (SSSR count). The summed E-state index contributed by atoms with van der Waals surface area (Å²) in [7, 11) is 0. The van der Waals surface area contributed by atoms with E-state index >= 15 is 0 Å². The molecule has 0 unspecified atom stereocenters. The van der Waals surface area contributed by atoms with Gasteiger partial charge in [-0.15, -0.1) is 0 Å². The predicted octanol–water partition coefficient (Wildman–Crippen LogP) is 10.2. The summed E-state index contributed by atoms with van der Waals surface area (Å²) in [4.78, 5) is 0. The number of hydrogen-bond acceptors (Lipinski definition) is 4. The van der Waals surface area contributed by atoms with Gasteiger partial charge in [-0.2, -0.15) is 0 Å². The van der Waals surface area contributed by atoms with Crippen LogP contribution in [0.15, 0.2) is 158 Å². The van der Waals surface area contributed by atoms with E-state index in [1.807, 2.05) is 109 Å². The molecule has 0 fully saturated rings. The van der Waals surface area contributed by atoms with Crippen LogP contribution >= 0.6 is 0 Å². The summed E-state index contributed by atoms with van der Waals surface area (Å²) in [6.45, 7) is 1.81. The highest BCUT2D eigenvalue weighted by atomic mass is 16.5. The molecule has 0 spiro atoms. The second-order valence-electron chi connectivity index (χ2n) is 10.8. The lowest BCUT2D eigenvalue weighted by Crippen LogP contribution is -2.01. The van der Waals surface area contributed by atoms with E-state index in [1.54, 1.807) is 0 Å². The minimum Gasteiger partial charge on any atom is -0.485 e. The Morgan fingerprint density at radius 2 is 0.587 bits per heavy atom. The predicted molar refractivity (Wildman–Crippen MR) is 185 cm³/mol. The van der Waals surface area contributed by atoms with Gasteiger partial charge in [-0.1, -0.05) is 146 Å². The fraction of sp³-hybridized carbons (Fsp3) is 0.0952. The van der Waals surface area contributed by atoms with E-state index in [0.717, 1.165) is 33.4 Å². The number of benzene rings is 6. The maximum Gasteiger partial charge on any atom is 0.162 e. The first-order chi connectivity index (χ1) is 22.8. The summed E-state index contributed by atoms with van der Waals surface area (Å²) in [5, 5.41) is 0. The first-order valence-electron chi connectivity index (χ1n) is 15.4. The van der Waals surface area contributed by atoms with Crippen molar-refractivity contribution in [1.29, 1.82) is 0 Å². The standard InChI is InChI=1S/C42H36O4/c1-5-13-35(14-6-1)29-43-39-25-23-33(27-41(39)45-31-37-17-9-3-10-18-37)21-22-34-24-26-40(44-30-36-15-7-2-8-16-36)42(28-34)46-32-38-19-11-4-12-20-38/h1-28H,29-32H2/b22-21+. The van der Waals surface area contributed by atoms with Gasteiger partial charge in [0.2, 0.25) is 0 Å². The van der Waals surface area contributed by atoms with Gasteiger partial charge in [-0.3, -0.25) is 0 Å². The quantitative estimate of drug-likeness (QED) is 0.116. The average Bonchev–Trinajstić information content (AvgIpc) is 3.13. The van der Waals surface area contributed by atoms with E-state index in [0.29, 0.717) is 49.4 Å². The zero-order chi connectivity index (χ0) is 31.2. The van der Waals surface area contributed by atoms with Gasteiger partial charge in [0, 0.05) is 0 Å². The molecule has 0 heterocycles. The van der Waals surface area contributed by atoms with Gasteiger partial charge in [0.05, 0.1) is 0 Å². The third kappa shape index (κ3) is 8.90. The minimum atomic E-state index is 0.447. The van der Waals surface area contributed by atoms with Gasteiger partial charge in [0.25, 0.3) is 0 Å². The normalized spacial score (nSPS) is 10.9. The third-order valence-corrected chi connectivity index (χ3v) is 7.35. The first-order valence-corrected chi connectivity index (χ1v) is 15.4. The molecule has 0 saturated heterocycles. The van der Waals surface area contributed by atoms with Crippen molar-refractivity contribution >= 4 is 12.2 Å². The Hall–Kier alpha value is -5.74. The van der Waals surface area contributed by atoms with Gasteiger partial charge in [0.1, 0.15) is 26.4 Å². The van der Waals surface area contributed by atoms with Crippen LogP contribution in [0, 0.1) is 0 Å². The summed E-state index contributed by atoms with van der Waals surface area (Å²) >= 11 is 0. The van der Waals surface area contributed by atoms with Crippen molar-refractivity contribution in [1.82, 2.24) is 0 Å². The Morgan fingerprint density at radius 1 is 0.304 bits per heavy atom. The molecule has 0 aliphatic heterocycles. The Morgan fingerprint density at radius 3 is 0.891 bits per heavy atom. The topological polar surface area (TPSA) is 36.9 Å². The number of hydrogen-bond donors (Lipinski definition) is 0. The highest BCUT2D eigenvalue weighted by molar-refractivity contribution is 5.72. The molecule has 0 aliphatic rings. The van der Waals surface area contributed by atoms with Crippen molar-refractivity contribution in [2.45, 2.75) is 26.4 Å². The molecule has 46 heavy (non-hydrogen) atoms. The lowest BCUT2D eigenvalue weighted by molar-refractivity contribution is 0.256. The van der Waals surface area contributed by atoms with Crippen LogP contribution in [0.1, 0.15) is 33.4 Å². The van der Waals surface area contributed by atoms with Gasteiger partial charge in [-0.05, 0) is 57.6 Å². The molecule has 4 nitrogen and oxygen atoms in total. The van der Waals surface area contributed by atoms with Crippen LogP contribution in [0.3, 0.4) is 0 Å². The molecule has 0 N–H and O–H groups in total. The second kappa shape index (κ2) is 15.8. The fourth-order valence-corrected chi connectivity index (χ4v) is 4.85. The number of rotatable bonds is 14. The van der Waals surface area contributed by atoms with E-state index in [9.17, 15) is 0 Å². The smallest absolute Gasteiger partial charge is 0.162 e. The van der Waals surface area contributed by atoms with E-state index in [-0.39, 0.29) is 0 Å². The van der Waals surface area contributed by atoms with Crippen molar-refractivity contribution in [3.05, 3.63) is 191 Å². The highest BCUT2D eigenvalue weighted by Crippen LogP contribution is 2.33. The molecule has 228 valence electrons. The molecular weight excluding hydrogens is 568 g/mol. The largest absolute Gasteiger partial charge is 0.485 e. The Labute approximate surface area is 271 Å². The maximum atomic E-state index is 6.28. The Kier molecular flexibility index (Phi) is 10.4. The van der Waals surface area contributed by atoms with Crippen LogP contribution in [0.2, 0.25) is 0 Å². The molecule has 0 atom stereocenters. The van der Waals surface area contributed by atoms with Gasteiger partial charge < -0.3 is 18.9 Å². The zero-order valence-electron chi connectivity index (χ0n) is 25.6. The van der Waals surface area contributed by atoms with Gasteiger partial charge in [0.15, 0.2) is 23.0 Å². The first kappa shape index (κ1) is 30.3. The fourth-order valence-electron chi connectivity index (χ4n) is 4.85. The molecule has 6 aromatic rings.